The summed E-state index contributed by atoms with van der Waals surface area (Å²) >= 11 is 28.9. The molecule has 4 aromatic carbocycles. The molecule has 74 heavy (non-hydrogen) atoms. The molecule has 0 aliphatic carbocycles. The number of carbonyl (C=O) groups is 2. The number of halogens is 5. The number of esters is 2. The summed E-state index contributed by atoms with van der Waals surface area (Å²) in [6.07, 6.45) is 9.63. The maximum Gasteiger partial charge on any atom is 0.310 e. The summed E-state index contributed by atoms with van der Waals surface area (Å²) in [5.74, 6) is -1.16. The van der Waals surface area contributed by atoms with Gasteiger partial charge in [-0.05, 0) is 76.7 Å². The molecule has 398 valence electrons. The van der Waals surface area contributed by atoms with Crippen molar-refractivity contribution in [3.8, 4) is 22.5 Å². The van der Waals surface area contributed by atoms with E-state index in [2.05, 4.69) is 72.4 Å². The van der Waals surface area contributed by atoms with Crippen molar-refractivity contribution in [1.29, 1.82) is 0 Å². The number of rotatable bonds is 25. The molecule has 0 amide bonds. The molecule has 0 saturated heterocycles. The van der Waals surface area contributed by atoms with Gasteiger partial charge in [-0.15, -0.1) is 0 Å². The molecule has 2 N–H and O–H groups in total. The number of thiazole rings is 2. The van der Waals surface area contributed by atoms with Crippen LogP contribution in [-0.4, -0.2) is 67.6 Å². The molecule has 6 aromatic rings. The van der Waals surface area contributed by atoms with E-state index in [1.54, 1.807) is 41.2 Å². The van der Waals surface area contributed by atoms with Gasteiger partial charge in [0.15, 0.2) is 10.3 Å². The molecular formula is C58H71BrCl4N4O4S2Sn. The quantitative estimate of drug-likeness (QED) is 0.0432. The van der Waals surface area contributed by atoms with Crippen molar-refractivity contribution in [3.63, 3.8) is 0 Å². The Bertz CT molecular complexity index is 2700. The smallest absolute Gasteiger partial charge is 0.310 e. The van der Waals surface area contributed by atoms with Gasteiger partial charge < -0.3 is 20.1 Å². The van der Waals surface area contributed by atoms with Crippen LogP contribution in [0, 0.1) is 11.8 Å². The SMILES string of the molecule is C=C(C)c1sc(NCC(Cc2ccccc2)C(=O)OC)nc1-c1ccc(Cl)c(Cl)c1.C=[C](C)[Sn]([CH2]CCC)([CH2]CCC)[CH2]CCC.COC(=O)C(CNc1nc(-c2ccc(Cl)c(Cl)c2)c(Br)s1)Cc1ccccc1. The Morgan fingerprint density at radius 3 is 1.41 bits per heavy atom. The van der Waals surface area contributed by atoms with Gasteiger partial charge in [0.05, 0.1) is 66.2 Å². The third-order valence-electron chi connectivity index (χ3n) is 12.6. The summed E-state index contributed by atoms with van der Waals surface area (Å²) in [7, 11) is 2.81. The Balaban J connectivity index is 0.000000252. The van der Waals surface area contributed by atoms with E-state index in [0.717, 1.165) is 47.9 Å². The summed E-state index contributed by atoms with van der Waals surface area (Å²) < 4.78 is 17.2. The van der Waals surface area contributed by atoms with E-state index in [0.29, 0.717) is 56.3 Å². The second kappa shape index (κ2) is 33.0. The minimum Gasteiger partial charge on any atom is -0.469 e. The van der Waals surface area contributed by atoms with Crippen LogP contribution in [-0.2, 0) is 31.9 Å². The molecule has 0 radical (unpaired) electrons. The third kappa shape index (κ3) is 19.9. The van der Waals surface area contributed by atoms with Crippen LogP contribution in [0.15, 0.2) is 118 Å². The molecule has 16 heteroatoms. The van der Waals surface area contributed by atoms with Gasteiger partial charge in [-0.2, -0.15) is 0 Å². The number of hydrogen-bond donors (Lipinski definition) is 2. The summed E-state index contributed by atoms with van der Waals surface area (Å²) in [6, 6.07) is 30.5. The van der Waals surface area contributed by atoms with Gasteiger partial charge in [-0.3, -0.25) is 9.59 Å². The van der Waals surface area contributed by atoms with E-state index in [1.807, 2.05) is 79.7 Å². The molecule has 6 rings (SSSR count). The van der Waals surface area contributed by atoms with E-state index < -0.39 is 18.4 Å². The predicted molar refractivity (Wildman–Crippen MR) is 326 cm³/mol. The van der Waals surface area contributed by atoms with Gasteiger partial charge >= 0.3 is 120 Å². The first-order valence-electron chi connectivity index (χ1n) is 25.1. The first-order chi connectivity index (χ1) is 35.5. The van der Waals surface area contributed by atoms with E-state index in [-0.39, 0.29) is 23.8 Å². The topological polar surface area (TPSA) is 102 Å². The Kier molecular flexibility index (Phi) is 28.2. The molecule has 2 heterocycles. The summed E-state index contributed by atoms with van der Waals surface area (Å²) in [4.78, 5) is 34.8. The molecule has 0 fully saturated rings. The van der Waals surface area contributed by atoms with Gasteiger partial charge in [0.1, 0.15) is 0 Å². The van der Waals surface area contributed by atoms with Crippen LogP contribution in [0.5, 0.6) is 0 Å². The number of benzene rings is 4. The number of ether oxygens (including phenoxy) is 2. The van der Waals surface area contributed by atoms with Crippen molar-refractivity contribution in [2.75, 3.05) is 37.9 Å². The van der Waals surface area contributed by atoms with Crippen LogP contribution >= 0.6 is 85.0 Å². The molecule has 0 bridgehead atoms. The Morgan fingerprint density at radius 2 is 1.03 bits per heavy atom. The minimum absolute atomic E-state index is 0.253. The number of allylic oxidation sites excluding steroid dienone is 2. The van der Waals surface area contributed by atoms with Crippen molar-refractivity contribution >= 4 is 131 Å². The van der Waals surface area contributed by atoms with E-state index in [1.165, 1.54) is 75.4 Å². The molecule has 0 aliphatic rings. The molecule has 8 nitrogen and oxygen atoms in total. The van der Waals surface area contributed by atoms with Gasteiger partial charge in [0, 0.05) is 24.2 Å². The van der Waals surface area contributed by atoms with Crippen LogP contribution in [0.1, 0.15) is 89.1 Å². The largest absolute Gasteiger partial charge is 0.469 e. The standard InChI is InChI=1S/C23H22Cl2N2O2S.C20H17BrCl2N2O2S.3C4H9.C3H5.Sn/c1-14(2)21-20(16-9-10-18(24)19(25)12-16)27-23(30-21)26-13-17(22(28)29-3)11-15-7-5-4-6-8-15;1-27-19(26)14(9-12-5-3-2-4-6-12)11-24-20-25-17(18(21)28-20)13-7-8-15(22)16(23)10-13;3*1-3-4-2;1-3-2;/h4-10,12,17H,1,11,13H2,2-3H3,(H,26,27);2-8,10,14H,9,11H2,1H3,(H,24,25);3*1,3-4H2,2H3;1H2,2H3;. The van der Waals surface area contributed by atoms with Gasteiger partial charge in [0.25, 0.3) is 0 Å². The van der Waals surface area contributed by atoms with Crippen LogP contribution < -0.4 is 10.6 Å². The van der Waals surface area contributed by atoms with Gasteiger partial charge in [0.2, 0.25) is 0 Å². The molecule has 0 aliphatic heterocycles. The summed E-state index contributed by atoms with van der Waals surface area (Å²) in [6.45, 7) is 20.5. The summed E-state index contributed by atoms with van der Waals surface area (Å²) in [5, 5.41) is 9.90. The average molecular weight is 1290 g/mol. The Labute approximate surface area is 481 Å². The number of unbranched alkanes of at least 4 members (excludes halogenated alkanes) is 3. The fourth-order valence-corrected chi connectivity index (χ4v) is 25.9. The molecule has 0 saturated carbocycles. The molecule has 0 spiro atoms. The van der Waals surface area contributed by atoms with Crippen LogP contribution in [0.2, 0.25) is 33.4 Å². The van der Waals surface area contributed by atoms with Crippen molar-refractivity contribution in [1.82, 2.24) is 9.97 Å². The number of nitrogens with one attached hydrogen (secondary N) is 2. The second-order valence-electron chi connectivity index (χ2n) is 18.3. The van der Waals surface area contributed by atoms with Crippen LogP contribution in [0.25, 0.3) is 28.1 Å². The first-order valence-corrected chi connectivity index (χ1v) is 36.5. The van der Waals surface area contributed by atoms with Crippen molar-refractivity contribution in [3.05, 3.63) is 154 Å². The van der Waals surface area contributed by atoms with Gasteiger partial charge in [-0.1, -0.05) is 148 Å². The number of carbonyl (C=O) groups excluding carboxylic acids is 2. The zero-order valence-electron chi connectivity index (χ0n) is 43.7. The average Bonchev–Trinajstić information content (AvgIpc) is 4.01. The van der Waals surface area contributed by atoms with E-state index in [4.69, 9.17) is 60.9 Å². The number of aromatic nitrogens is 2. The molecule has 2 unspecified atom stereocenters. The molecular weight excluding hydrogens is 1220 g/mol. The third-order valence-corrected chi connectivity index (χ3v) is 33.3. The Morgan fingerprint density at radius 1 is 0.622 bits per heavy atom. The van der Waals surface area contributed by atoms with E-state index >= 15 is 0 Å². The Hall–Kier alpha value is -3.40. The zero-order valence-corrected chi connectivity index (χ0v) is 52.8. The van der Waals surface area contributed by atoms with Crippen molar-refractivity contribution in [2.45, 2.75) is 99.3 Å². The van der Waals surface area contributed by atoms with Gasteiger partial charge in [-0.25, -0.2) is 9.97 Å². The zero-order chi connectivity index (χ0) is 54.2. The normalized spacial score (nSPS) is 11.8. The van der Waals surface area contributed by atoms with Crippen LogP contribution in [0.3, 0.4) is 0 Å². The first kappa shape index (κ1) is 63.1. The predicted octanol–water partition coefficient (Wildman–Crippen LogP) is 18.9. The maximum absolute atomic E-state index is 12.3. The van der Waals surface area contributed by atoms with Crippen molar-refractivity contribution < 1.29 is 19.1 Å². The number of nitrogens with zero attached hydrogens (tertiary/aromatic N) is 2. The minimum atomic E-state index is -1.94. The second-order valence-corrected chi connectivity index (χ2v) is 37.3. The number of anilines is 2. The fraction of sp³-hybridized carbons (Fsp3) is 0.379. The summed E-state index contributed by atoms with van der Waals surface area (Å²) in [5.41, 5.74) is 6.33. The maximum atomic E-state index is 12.3. The number of methoxy groups -OCH3 is 2. The van der Waals surface area contributed by atoms with Crippen LogP contribution in [0.4, 0.5) is 10.3 Å². The number of hydrogen-bond acceptors (Lipinski definition) is 10. The molecule has 2 aromatic heterocycles. The van der Waals surface area contributed by atoms with E-state index in [9.17, 15) is 9.59 Å². The monoisotopic (exact) mass is 1290 g/mol. The fourth-order valence-electron chi connectivity index (χ4n) is 8.31. The molecule has 2 atom stereocenters. The van der Waals surface area contributed by atoms with Crippen molar-refractivity contribution in [2.24, 2.45) is 11.8 Å².